The van der Waals surface area contributed by atoms with Gasteiger partial charge in [-0.2, -0.15) is 0 Å². The SMILES string of the molecule is CC1CCN(C(=O)c2ccc(-n3cccc3)cc2)C1CO. The summed E-state index contributed by atoms with van der Waals surface area (Å²) in [6, 6.07) is 11.5. The molecule has 2 aromatic rings. The van der Waals surface area contributed by atoms with Gasteiger partial charge >= 0.3 is 0 Å². The number of nitrogens with zero attached hydrogens (tertiary/aromatic N) is 2. The van der Waals surface area contributed by atoms with E-state index in [1.807, 2.05) is 53.4 Å². The van der Waals surface area contributed by atoms with E-state index in [9.17, 15) is 9.90 Å². The zero-order valence-electron chi connectivity index (χ0n) is 12.1. The minimum atomic E-state index is -0.0541. The number of likely N-dealkylation sites (tertiary alicyclic amines) is 1. The Balaban J connectivity index is 1.79. The maximum absolute atomic E-state index is 12.6. The first-order chi connectivity index (χ1) is 10.2. The summed E-state index contributed by atoms with van der Waals surface area (Å²) in [6.07, 6.45) is 4.90. The number of carbonyl (C=O) groups is 1. The lowest BCUT2D eigenvalue weighted by atomic mass is 10.0. The van der Waals surface area contributed by atoms with Gasteiger partial charge in [0, 0.05) is 30.2 Å². The zero-order valence-corrected chi connectivity index (χ0v) is 12.1. The molecule has 1 saturated heterocycles. The first-order valence-corrected chi connectivity index (χ1v) is 7.36. The van der Waals surface area contributed by atoms with Crippen LogP contribution >= 0.6 is 0 Å². The fourth-order valence-corrected chi connectivity index (χ4v) is 2.99. The second-order valence-corrected chi connectivity index (χ2v) is 5.65. The molecule has 0 saturated carbocycles. The predicted octanol–water partition coefficient (Wildman–Crippen LogP) is 2.32. The number of rotatable bonds is 3. The Kier molecular flexibility index (Phi) is 3.80. The standard InChI is InChI=1S/C17H20N2O2/c1-13-8-11-19(16(13)12-20)17(21)14-4-6-15(7-5-14)18-9-2-3-10-18/h2-7,9-10,13,16,20H,8,11-12H2,1H3. The lowest BCUT2D eigenvalue weighted by molar-refractivity contribution is 0.0648. The minimum absolute atomic E-state index is 0.0115. The Morgan fingerprint density at radius 2 is 1.90 bits per heavy atom. The van der Waals surface area contributed by atoms with Gasteiger partial charge in [-0.05, 0) is 48.7 Å². The number of aromatic nitrogens is 1. The molecule has 3 rings (SSSR count). The second kappa shape index (κ2) is 5.74. The first-order valence-electron chi connectivity index (χ1n) is 7.36. The van der Waals surface area contributed by atoms with Crippen LogP contribution in [-0.2, 0) is 0 Å². The van der Waals surface area contributed by atoms with Crippen LogP contribution in [0, 0.1) is 5.92 Å². The van der Waals surface area contributed by atoms with Crippen LogP contribution in [0.25, 0.3) is 5.69 Å². The number of aliphatic hydroxyl groups excluding tert-OH is 1. The van der Waals surface area contributed by atoms with Crippen LogP contribution in [0.1, 0.15) is 23.7 Å². The highest BCUT2D eigenvalue weighted by molar-refractivity contribution is 5.94. The van der Waals surface area contributed by atoms with Crippen molar-refractivity contribution in [2.24, 2.45) is 5.92 Å². The molecular formula is C17H20N2O2. The van der Waals surface area contributed by atoms with E-state index in [-0.39, 0.29) is 18.6 Å². The van der Waals surface area contributed by atoms with Gasteiger partial charge in [-0.15, -0.1) is 0 Å². The minimum Gasteiger partial charge on any atom is -0.394 e. The molecule has 2 atom stereocenters. The van der Waals surface area contributed by atoms with Crippen LogP contribution in [-0.4, -0.2) is 39.7 Å². The van der Waals surface area contributed by atoms with Gasteiger partial charge in [-0.25, -0.2) is 0 Å². The van der Waals surface area contributed by atoms with Crippen LogP contribution in [0.5, 0.6) is 0 Å². The Morgan fingerprint density at radius 1 is 1.24 bits per heavy atom. The van der Waals surface area contributed by atoms with Gasteiger partial charge in [0.2, 0.25) is 0 Å². The third-order valence-electron chi connectivity index (χ3n) is 4.35. The average Bonchev–Trinajstić information content (AvgIpc) is 3.16. The molecule has 1 fully saturated rings. The molecule has 0 radical (unpaired) electrons. The highest BCUT2D eigenvalue weighted by atomic mass is 16.3. The van der Waals surface area contributed by atoms with Crippen molar-refractivity contribution in [1.82, 2.24) is 9.47 Å². The number of carbonyl (C=O) groups excluding carboxylic acids is 1. The molecule has 1 aromatic heterocycles. The van der Waals surface area contributed by atoms with E-state index in [1.165, 1.54) is 0 Å². The van der Waals surface area contributed by atoms with Crippen molar-refractivity contribution in [1.29, 1.82) is 0 Å². The smallest absolute Gasteiger partial charge is 0.254 e. The molecule has 1 aliphatic rings. The number of hydrogen-bond donors (Lipinski definition) is 1. The Morgan fingerprint density at radius 3 is 2.52 bits per heavy atom. The number of benzene rings is 1. The monoisotopic (exact) mass is 284 g/mol. The van der Waals surface area contributed by atoms with Crippen molar-refractivity contribution in [2.75, 3.05) is 13.2 Å². The van der Waals surface area contributed by atoms with Gasteiger partial charge in [-0.3, -0.25) is 4.79 Å². The second-order valence-electron chi connectivity index (χ2n) is 5.65. The number of aliphatic hydroxyl groups is 1. The van der Waals surface area contributed by atoms with Crippen LogP contribution in [0.15, 0.2) is 48.8 Å². The molecule has 0 aliphatic carbocycles. The molecule has 2 heterocycles. The summed E-state index contributed by atoms with van der Waals surface area (Å²) in [4.78, 5) is 14.4. The Hall–Kier alpha value is -2.07. The molecule has 4 nitrogen and oxygen atoms in total. The van der Waals surface area contributed by atoms with E-state index in [0.717, 1.165) is 18.7 Å². The van der Waals surface area contributed by atoms with E-state index in [0.29, 0.717) is 11.5 Å². The first kappa shape index (κ1) is 13.9. The van der Waals surface area contributed by atoms with Gasteiger partial charge in [0.25, 0.3) is 5.91 Å². The van der Waals surface area contributed by atoms with E-state index in [1.54, 1.807) is 4.90 Å². The van der Waals surface area contributed by atoms with Crippen molar-refractivity contribution in [2.45, 2.75) is 19.4 Å². The van der Waals surface area contributed by atoms with Crippen molar-refractivity contribution in [3.05, 3.63) is 54.4 Å². The van der Waals surface area contributed by atoms with E-state index in [4.69, 9.17) is 0 Å². The van der Waals surface area contributed by atoms with E-state index in [2.05, 4.69) is 6.92 Å². The third-order valence-corrected chi connectivity index (χ3v) is 4.35. The van der Waals surface area contributed by atoms with E-state index >= 15 is 0 Å². The Labute approximate surface area is 124 Å². The van der Waals surface area contributed by atoms with Crippen LogP contribution in [0.3, 0.4) is 0 Å². The molecule has 4 heteroatoms. The molecule has 0 bridgehead atoms. The van der Waals surface area contributed by atoms with Crippen molar-refractivity contribution >= 4 is 5.91 Å². The molecule has 1 aromatic carbocycles. The van der Waals surface area contributed by atoms with Crippen LogP contribution in [0.4, 0.5) is 0 Å². The molecule has 0 spiro atoms. The highest BCUT2D eigenvalue weighted by Gasteiger charge is 2.34. The summed E-state index contributed by atoms with van der Waals surface area (Å²) >= 11 is 0. The van der Waals surface area contributed by atoms with Gasteiger partial charge in [0.05, 0.1) is 12.6 Å². The lowest BCUT2D eigenvalue weighted by Crippen LogP contribution is -2.39. The molecule has 2 unspecified atom stereocenters. The normalized spacial score (nSPS) is 21.7. The summed E-state index contributed by atoms with van der Waals surface area (Å²) in [6.45, 7) is 2.85. The van der Waals surface area contributed by atoms with Gasteiger partial charge in [-0.1, -0.05) is 6.92 Å². The molecule has 110 valence electrons. The maximum atomic E-state index is 12.6. The predicted molar refractivity (Wildman–Crippen MR) is 81.5 cm³/mol. The number of hydrogen-bond acceptors (Lipinski definition) is 2. The maximum Gasteiger partial charge on any atom is 0.254 e. The molecule has 1 aliphatic heterocycles. The lowest BCUT2D eigenvalue weighted by Gasteiger charge is -2.25. The Bertz CT molecular complexity index is 604. The summed E-state index contributed by atoms with van der Waals surface area (Å²) < 4.78 is 2.00. The van der Waals surface area contributed by atoms with Crippen molar-refractivity contribution in [3.63, 3.8) is 0 Å². The molecule has 1 N–H and O–H groups in total. The van der Waals surface area contributed by atoms with Gasteiger partial charge < -0.3 is 14.6 Å². The van der Waals surface area contributed by atoms with E-state index < -0.39 is 0 Å². The van der Waals surface area contributed by atoms with Crippen molar-refractivity contribution in [3.8, 4) is 5.69 Å². The summed E-state index contributed by atoms with van der Waals surface area (Å²) in [7, 11) is 0. The molecule has 1 amide bonds. The fraction of sp³-hybridized carbons (Fsp3) is 0.353. The van der Waals surface area contributed by atoms with Gasteiger partial charge in [0.1, 0.15) is 0 Å². The quantitative estimate of drug-likeness (QED) is 0.940. The fourth-order valence-electron chi connectivity index (χ4n) is 2.99. The highest BCUT2D eigenvalue weighted by Crippen LogP contribution is 2.25. The summed E-state index contributed by atoms with van der Waals surface area (Å²) in [5.74, 6) is 0.371. The van der Waals surface area contributed by atoms with Crippen LogP contribution in [0.2, 0.25) is 0 Å². The topological polar surface area (TPSA) is 45.5 Å². The summed E-state index contributed by atoms with van der Waals surface area (Å²) in [5.41, 5.74) is 1.71. The molecular weight excluding hydrogens is 264 g/mol. The third kappa shape index (κ3) is 2.59. The molecule has 21 heavy (non-hydrogen) atoms. The van der Waals surface area contributed by atoms with Crippen molar-refractivity contribution < 1.29 is 9.90 Å². The van der Waals surface area contributed by atoms with Crippen LogP contribution < -0.4 is 0 Å². The number of amides is 1. The van der Waals surface area contributed by atoms with Gasteiger partial charge in [0.15, 0.2) is 0 Å². The zero-order chi connectivity index (χ0) is 14.8. The summed E-state index contributed by atoms with van der Waals surface area (Å²) in [5, 5.41) is 9.47. The average molecular weight is 284 g/mol. The largest absolute Gasteiger partial charge is 0.394 e.